The number of rotatable bonds is 9. The molecule has 1 atom stereocenters. The molecule has 0 radical (unpaired) electrons. The van der Waals surface area contributed by atoms with Gasteiger partial charge in [-0.3, -0.25) is 14.5 Å². The standard InChI is InChI=1S/C38H46N4O2S/c1-23-15-24(2)17-27(16-23)34-33(25(3)19-39-35(43)28-21-41(22-28)20-26-9-7-6-8-10-26)31-18-32(45-36(31)40-34)38(4,5)37(44)42-29-11-12-30(42)14-13-29/h6-10,15-18,25,28-30,40H,11-14,19-22H2,1-5H3,(H,39,43)/t25-,29?,30?/m1/s1. The van der Waals surface area contributed by atoms with Gasteiger partial charge in [-0.15, -0.1) is 11.3 Å². The second kappa shape index (κ2) is 11.7. The summed E-state index contributed by atoms with van der Waals surface area (Å²) in [6.07, 6.45) is 4.60. The van der Waals surface area contributed by atoms with Crippen LogP contribution in [-0.2, 0) is 21.5 Å². The van der Waals surface area contributed by atoms with Crippen molar-refractivity contribution in [2.24, 2.45) is 5.92 Å². The van der Waals surface area contributed by atoms with E-state index in [1.165, 1.54) is 33.2 Å². The molecule has 4 aromatic rings. The molecule has 45 heavy (non-hydrogen) atoms. The molecule has 0 saturated carbocycles. The maximum atomic E-state index is 14.0. The number of amides is 2. The van der Waals surface area contributed by atoms with E-state index < -0.39 is 5.41 Å². The van der Waals surface area contributed by atoms with Gasteiger partial charge in [0.05, 0.1) is 17.0 Å². The molecule has 2 aromatic carbocycles. The number of aromatic amines is 1. The average Bonchev–Trinajstić information content (AvgIpc) is 3.77. The smallest absolute Gasteiger partial charge is 0.233 e. The van der Waals surface area contributed by atoms with Crippen molar-refractivity contribution in [3.05, 3.63) is 81.7 Å². The Bertz CT molecular complexity index is 1690. The van der Waals surface area contributed by atoms with Crippen LogP contribution in [0.5, 0.6) is 0 Å². The SMILES string of the molecule is Cc1cc(C)cc(-c2[nH]c3sc(C(C)(C)C(=O)N4C5CCC4CC5)cc3c2[C@H](C)CNC(=O)C2CN(Cc3ccccc3)C2)c1. The number of carbonyl (C=O) groups is 2. The van der Waals surface area contributed by atoms with E-state index in [-0.39, 0.29) is 23.7 Å². The minimum Gasteiger partial charge on any atom is -0.355 e. The summed E-state index contributed by atoms with van der Waals surface area (Å²) in [5.74, 6) is 0.541. The molecular weight excluding hydrogens is 577 g/mol. The zero-order valence-corrected chi connectivity index (χ0v) is 28.1. The third-order valence-corrected chi connectivity index (χ3v) is 11.9. The van der Waals surface area contributed by atoms with E-state index in [1.807, 2.05) is 6.07 Å². The van der Waals surface area contributed by atoms with E-state index in [9.17, 15) is 9.59 Å². The second-order valence-corrected chi connectivity index (χ2v) is 15.5. The van der Waals surface area contributed by atoms with Crippen LogP contribution in [0.4, 0.5) is 0 Å². The lowest BCUT2D eigenvalue weighted by atomic mass is 9.88. The Kier molecular flexibility index (Phi) is 7.89. The van der Waals surface area contributed by atoms with Crippen LogP contribution < -0.4 is 5.32 Å². The Morgan fingerprint density at radius 3 is 2.27 bits per heavy atom. The van der Waals surface area contributed by atoms with Gasteiger partial charge < -0.3 is 15.2 Å². The number of hydrogen-bond donors (Lipinski definition) is 2. The van der Waals surface area contributed by atoms with Crippen LogP contribution in [0, 0.1) is 19.8 Å². The summed E-state index contributed by atoms with van der Waals surface area (Å²) in [5.41, 5.74) is 6.68. The Balaban J connectivity index is 1.12. The molecule has 0 aliphatic carbocycles. The molecule has 7 heteroatoms. The predicted octanol–water partition coefficient (Wildman–Crippen LogP) is 7.30. The Morgan fingerprint density at radius 1 is 0.978 bits per heavy atom. The molecule has 2 aromatic heterocycles. The lowest BCUT2D eigenvalue weighted by Crippen LogP contribution is -2.53. The van der Waals surface area contributed by atoms with Crippen molar-refractivity contribution >= 4 is 33.4 Å². The first kappa shape index (κ1) is 30.2. The average molecular weight is 623 g/mol. The summed E-state index contributed by atoms with van der Waals surface area (Å²) in [6, 6.07) is 20.2. The minimum absolute atomic E-state index is 0.0338. The van der Waals surface area contributed by atoms with Gasteiger partial charge in [0.25, 0.3) is 0 Å². The van der Waals surface area contributed by atoms with E-state index in [1.54, 1.807) is 11.3 Å². The minimum atomic E-state index is -0.583. The molecule has 2 amide bonds. The number of thiophene rings is 1. The van der Waals surface area contributed by atoms with E-state index >= 15 is 0 Å². The maximum Gasteiger partial charge on any atom is 0.233 e. The van der Waals surface area contributed by atoms with E-state index in [0.29, 0.717) is 18.6 Å². The van der Waals surface area contributed by atoms with Crippen molar-refractivity contribution in [3.63, 3.8) is 0 Å². The molecule has 6 nitrogen and oxygen atoms in total. The number of hydrogen-bond acceptors (Lipinski definition) is 4. The molecule has 3 aliphatic heterocycles. The summed E-state index contributed by atoms with van der Waals surface area (Å²) in [5, 5.41) is 4.47. The van der Waals surface area contributed by atoms with Crippen molar-refractivity contribution in [2.45, 2.75) is 90.3 Å². The van der Waals surface area contributed by atoms with Crippen molar-refractivity contribution in [3.8, 4) is 11.3 Å². The largest absolute Gasteiger partial charge is 0.355 e. The van der Waals surface area contributed by atoms with Gasteiger partial charge in [-0.1, -0.05) is 54.4 Å². The number of H-pyrrole nitrogens is 1. The fraction of sp³-hybridized carbons (Fsp3) is 0.474. The maximum absolute atomic E-state index is 14.0. The highest BCUT2D eigenvalue weighted by molar-refractivity contribution is 7.19. The Hall–Kier alpha value is -3.42. The first-order valence-corrected chi connectivity index (χ1v) is 17.5. The highest BCUT2D eigenvalue weighted by Crippen LogP contribution is 2.45. The van der Waals surface area contributed by atoms with E-state index in [4.69, 9.17) is 0 Å². The number of nitrogens with zero attached hydrogens (tertiary/aromatic N) is 2. The van der Waals surface area contributed by atoms with Crippen LogP contribution in [0.1, 0.15) is 79.5 Å². The van der Waals surface area contributed by atoms with Crippen molar-refractivity contribution in [1.82, 2.24) is 20.1 Å². The molecule has 3 saturated heterocycles. The molecule has 5 heterocycles. The molecule has 0 unspecified atom stereocenters. The van der Waals surface area contributed by atoms with Crippen molar-refractivity contribution < 1.29 is 9.59 Å². The van der Waals surface area contributed by atoms with Gasteiger partial charge in [-0.25, -0.2) is 0 Å². The van der Waals surface area contributed by atoms with Crippen LogP contribution in [0.25, 0.3) is 21.5 Å². The fourth-order valence-electron chi connectivity index (χ4n) is 8.05. The second-order valence-electron chi connectivity index (χ2n) is 14.5. The number of aryl methyl sites for hydroxylation is 2. The summed E-state index contributed by atoms with van der Waals surface area (Å²) >= 11 is 1.72. The highest BCUT2D eigenvalue weighted by Gasteiger charge is 2.47. The normalized spacial score (nSPS) is 21.0. The van der Waals surface area contributed by atoms with Crippen LogP contribution in [0.3, 0.4) is 0 Å². The van der Waals surface area contributed by atoms with Gasteiger partial charge in [-0.2, -0.15) is 0 Å². The van der Waals surface area contributed by atoms with Crippen LogP contribution >= 0.6 is 11.3 Å². The highest BCUT2D eigenvalue weighted by atomic mass is 32.1. The van der Waals surface area contributed by atoms with Gasteiger partial charge in [0.15, 0.2) is 0 Å². The Labute approximate surface area is 271 Å². The fourth-order valence-corrected chi connectivity index (χ4v) is 9.22. The number of carbonyl (C=O) groups excluding carboxylic acids is 2. The van der Waals surface area contributed by atoms with Crippen molar-refractivity contribution in [2.75, 3.05) is 19.6 Å². The zero-order valence-electron chi connectivity index (χ0n) is 27.3. The van der Waals surface area contributed by atoms with Crippen LogP contribution in [0.2, 0.25) is 0 Å². The summed E-state index contributed by atoms with van der Waals surface area (Å²) in [7, 11) is 0. The number of likely N-dealkylation sites (tertiary alicyclic amines) is 1. The predicted molar refractivity (Wildman–Crippen MR) is 184 cm³/mol. The molecule has 7 rings (SSSR count). The van der Waals surface area contributed by atoms with Crippen LogP contribution in [-0.4, -0.2) is 58.3 Å². The first-order valence-electron chi connectivity index (χ1n) is 16.7. The molecular formula is C38H46N4O2S. The van der Waals surface area contributed by atoms with Crippen LogP contribution in [0.15, 0.2) is 54.6 Å². The van der Waals surface area contributed by atoms with Gasteiger partial charge >= 0.3 is 0 Å². The Morgan fingerprint density at radius 2 is 1.62 bits per heavy atom. The van der Waals surface area contributed by atoms with Gasteiger partial charge in [0, 0.05) is 54.4 Å². The lowest BCUT2D eigenvalue weighted by Gasteiger charge is -2.38. The number of nitrogens with one attached hydrogen (secondary N) is 2. The molecule has 2 bridgehead atoms. The molecule has 3 fully saturated rings. The first-order chi connectivity index (χ1) is 21.6. The number of benzene rings is 2. The van der Waals surface area contributed by atoms with Crippen molar-refractivity contribution in [1.29, 1.82) is 0 Å². The summed E-state index contributed by atoms with van der Waals surface area (Å²) in [4.78, 5) is 37.7. The summed E-state index contributed by atoms with van der Waals surface area (Å²) < 4.78 is 0. The topological polar surface area (TPSA) is 68.4 Å². The van der Waals surface area contributed by atoms with E-state index in [2.05, 4.69) is 103 Å². The van der Waals surface area contributed by atoms with Gasteiger partial charge in [0.1, 0.15) is 4.83 Å². The zero-order chi connectivity index (χ0) is 31.5. The van der Waals surface area contributed by atoms with E-state index in [0.717, 1.165) is 60.7 Å². The monoisotopic (exact) mass is 622 g/mol. The molecule has 0 spiro atoms. The number of fused-ring (bicyclic) bond motifs is 3. The molecule has 236 valence electrons. The quantitative estimate of drug-likeness (QED) is 0.206. The third kappa shape index (κ3) is 5.63. The number of aromatic nitrogens is 1. The van der Waals surface area contributed by atoms with Gasteiger partial charge in [-0.05, 0) is 88.3 Å². The molecule has 3 aliphatic rings. The molecule has 2 N–H and O–H groups in total. The summed E-state index contributed by atoms with van der Waals surface area (Å²) in [6.45, 7) is 13.8. The third-order valence-electron chi connectivity index (χ3n) is 10.5. The lowest BCUT2D eigenvalue weighted by molar-refractivity contribution is -0.137. The van der Waals surface area contributed by atoms with Gasteiger partial charge in [0.2, 0.25) is 11.8 Å².